The first-order valence-electron chi connectivity index (χ1n) is 4.55. The van der Waals surface area contributed by atoms with Gasteiger partial charge in [0.15, 0.2) is 0 Å². The van der Waals surface area contributed by atoms with E-state index in [0.717, 1.165) is 0 Å². The number of aromatic carboxylic acids is 1. The highest BCUT2D eigenvalue weighted by Gasteiger charge is 2.22. The number of carbonyl (C=O) groups excluding carboxylic acids is 1. The summed E-state index contributed by atoms with van der Waals surface area (Å²) in [7, 11) is 1.63. The third-order valence-corrected chi connectivity index (χ3v) is 2.17. The maximum atomic E-state index is 11.5. The van der Waals surface area contributed by atoms with Crippen LogP contribution in [0, 0.1) is 6.92 Å². The van der Waals surface area contributed by atoms with Crippen molar-refractivity contribution in [2.24, 2.45) is 7.05 Å². The fraction of sp³-hybridized carbons (Fsp3) is 0.400. The predicted molar refractivity (Wildman–Crippen MR) is 53.1 cm³/mol. The number of carbonyl (C=O) groups is 2. The van der Waals surface area contributed by atoms with E-state index in [4.69, 9.17) is 9.84 Å². The summed E-state index contributed by atoms with van der Waals surface area (Å²) in [6.45, 7) is 3.63. The molecule has 5 nitrogen and oxygen atoms in total. The summed E-state index contributed by atoms with van der Waals surface area (Å²) in [6.07, 6.45) is 0. The van der Waals surface area contributed by atoms with E-state index < -0.39 is 11.9 Å². The SMILES string of the molecule is CCOC(=O)c1c(C(=O)O)cc(C)n1C. The third kappa shape index (κ3) is 2.01. The molecule has 5 heteroatoms. The van der Waals surface area contributed by atoms with Gasteiger partial charge in [-0.3, -0.25) is 0 Å². The fourth-order valence-electron chi connectivity index (χ4n) is 1.34. The molecule has 82 valence electrons. The van der Waals surface area contributed by atoms with Crippen LogP contribution in [0.2, 0.25) is 0 Å². The Morgan fingerprint density at radius 2 is 2.13 bits per heavy atom. The molecule has 1 heterocycles. The Hall–Kier alpha value is -1.78. The lowest BCUT2D eigenvalue weighted by Crippen LogP contribution is -2.14. The highest BCUT2D eigenvalue weighted by Crippen LogP contribution is 2.15. The highest BCUT2D eigenvalue weighted by molar-refractivity contribution is 6.01. The summed E-state index contributed by atoms with van der Waals surface area (Å²) < 4.78 is 6.31. The number of ether oxygens (including phenoxy) is 1. The molecular weight excluding hydrogens is 198 g/mol. The van der Waals surface area contributed by atoms with Crippen molar-refractivity contribution in [2.45, 2.75) is 13.8 Å². The molecular formula is C10H13NO4. The number of esters is 1. The average Bonchev–Trinajstić information content (AvgIpc) is 2.44. The zero-order valence-electron chi connectivity index (χ0n) is 8.90. The Morgan fingerprint density at radius 1 is 1.53 bits per heavy atom. The Morgan fingerprint density at radius 3 is 2.60 bits per heavy atom. The zero-order chi connectivity index (χ0) is 11.6. The van der Waals surface area contributed by atoms with Crippen LogP contribution >= 0.6 is 0 Å². The average molecular weight is 211 g/mol. The van der Waals surface area contributed by atoms with E-state index in [-0.39, 0.29) is 17.9 Å². The van der Waals surface area contributed by atoms with E-state index in [1.807, 2.05) is 0 Å². The molecule has 0 aliphatic carbocycles. The maximum absolute atomic E-state index is 11.5. The van der Waals surface area contributed by atoms with E-state index in [1.54, 1.807) is 20.9 Å². The minimum Gasteiger partial charge on any atom is -0.478 e. The molecule has 0 saturated heterocycles. The minimum atomic E-state index is -1.12. The Kier molecular flexibility index (Phi) is 3.14. The first kappa shape index (κ1) is 11.3. The molecule has 0 atom stereocenters. The molecule has 0 bridgehead atoms. The van der Waals surface area contributed by atoms with Crippen LogP contribution < -0.4 is 0 Å². The molecule has 0 spiro atoms. The van der Waals surface area contributed by atoms with Crippen molar-refractivity contribution >= 4 is 11.9 Å². The lowest BCUT2D eigenvalue weighted by atomic mass is 10.2. The summed E-state index contributed by atoms with van der Waals surface area (Å²) in [4.78, 5) is 22.4. The normalized spacial score (nSPS) is 10.1. The van der Waals surface area contributed by atoms with Crippen molar-refractivity contribution in [3.05, 3.63) is 23.0 Å². The first-order chi connectivity index (χ1) is 6.99. The van der Waals surface area contributed by atoms with Crippen LogP contribution in [0.4, 0.5) is 0 Å². The molecule has 0 fully saturated rings. The van der Waals surface area contributed by atoms with Crippen molar-refractivity contribution in [1.29, 1.82) is 0 Å². The molecule has 1 rings (SSSR count). The molecule has 1 aromatic heterocycles. The maximum Gasteiger partial charge on any atom is 0.355 e. The number of hydrogen-bond donors (Lipinski definition) is 1. The Labute approximate surface area is 87.3 Å². The van der Waals surface area contributed by atoms with E-state index in [2.05, 4.69) is 0 Å². The van der Waals surface area contributed by atoms with Crippen LogP contribution in [-0.2, 0) is 11.8 Å². The molecule has 0 amide bonds. The lowest BCUT2D eigenvalue weighted by molar-refractivity contribution is 0.0503. The fourth-order valence-corrected chi connectivity index (χ4v) is 1.34. The van der Waals surface area contributed by atoms with Crippen LogP contribution in [0.3, 0.4) is 0 Å². The van der Waals surface area contributed by atoms with Crippen LogP contribution in [0.5, 0.6) is 0 Å². The smallest absolute Gasteiger partial charge is 0.355 e. The second-order valence-electron chi connectivity index (χ2n) is 3.13. The number of carboxylic acids is 1. The molecule has 1 N–H and O–H groups in total. The Balaban J connectivity index is 3.25. The van der Waals surface area contributed by atoms with Gasteiger partial charge in [-0.15, -0.1) is 0 Å². The standard InChI is InChI=1S/C10H13NO4/c1-4-15-10(14)8-7(9(12)13)5-6(2)11(8)3/h5H,4H2,1-3H3,(H,12,13). The quantitative estimate of drug-likeness (QED) is 0.763. The summed E-state index contributed by atoms with van der Waals surface area (Å²) >= 11 is 0. The zero-order valence-corrected chi connectivity index (χ0v) is 8.90. The number of hydrogen-bond acceptors (Lipinski definition) is 3. The molecule has 15 heavy (non-hydrogen) atoms. The topological polar surface area (TPSA) is 68.5 Å². The van der Waals surface area contributed by atoms with Gasteiger partial charge >= 0.3 is 11.9 Å². The number of carboxylic acid groups (broad SMARTS) is 1. The molecule has 0 aliphatic heterocycles. The van der Waals surface area contributed by atoms with Gasteiger partial charge in [0.1, 0.15) is 5.69 Å². The van der Waals surface area contributed by atoms with Gasteiger partial charge in [-0.05, 0) is 19.9 Å². The van der Waals surface area contributed by atoms with E-state index >= 15 is 0 Å². The minimum absolute atomic E-state index is 0.0200. The van der Waals surface area contributed by atoms with E-state index in [0.29, 0.717) is 5.69 Å². The van der Waals surface area contributed by atoms with Gasteiger partial charge < -0.3 is 14.4 Å². The molecule has 1 aromatic rings. The number of aromatic nitrogens is 1. The second kappa shape index (κ2) is 4.16. The summed E-state index contributed by atoms with van der Waals surface area (Å²) in [5, 5.41) is 8.90. The van der Waals surface area contributed by atoms with Crippen molar-refractivity contribution < 1.29 is 19.4 Å². The molecule has 0 aromatic carbocycles. The number of nitrogens with zero attached hydrogens (tertiary/aromatic N) is 1. The summed E-state index contributed by atoms with van der Waals surface area (Å²) in [5.74, 6) is -1.73. The second-order valence-corrected chi connectivity index (χ2v) is 3.13. The van der Waals surface area contributed by atoms with Crippen molar-refractivity contribution in [3.8, 4) is 0 Å². The molecule has 0 radical (unpaired) electrons. The van der Waals surface area contributed by atoms with Gasteiger partial charge in [0.05, 0.1) is 12.2 Å². The van der Waals surface area contributed by atoms with Gasteiger partial charge in [0.2, 0.25) is 0 Å². The third-order valence-electron chi connectivity index (χ3n) is 2.17. The predicted octanol–water partition coefficient (Wildman–Crippen LogP) is 1.21. The monoisotopic (exact) mass is 211 g/mol. The van der Waals surface area contributed by atoms with Gasteiger partial charge in [-0.1, -0.05) is 0 Å². The number of aryl methyl sites for hydroxylation is 1. The summed E-state index contributed by atoms with van der Waals surface area (Å²) in [6, 6.07) is 1.45. The van der Waals surface area contributed by atoms with Gasteiger partial charge in [0.25, 0.3) is 0 Å². The van der Waals surface area contributed by atoms with Crippen molar-refractivity contribution in [2.75, 3.05) is 6.61 Å². The summed E-state index contributed by atoms with van der Waals surface area (Å²) in [5.41, 5.74) is 0.769. The van der Waals surface area contributed by atoms with Crippen LogP contribution in [0.25, 0.3) is 0 Å². The molecule has 0 aliphatic rings. The van der Waals surface area contributed by atoms with E-state index in [1.165, 1.54) is 10.6 Å². The van der Waals surface area contributed by atoms with Crippen LogP contribution in [-0.4, -0.2) is 28.2 Å². The first-order valence-corrected chi connectivity index (χ1v) is 4.55. The number of rotatable bonds is 3. The van der Waals surface area contributed by atoms with Gasteiger partial charge in [-0.25, -0.2) is 9.59 Å². The molecule has 0 unspecified atom stereocenters. The van der Waals surface area contributed by atoms with Crippen molar-refractivity contribution in [3.63, 3.8) is 0 Å². The van der Waals surface area contributed by atoms with E-state index in [9.17, 15) is 9.59 Å². The van der Waals surface area contributed by atoms with Crippen LogP contribution in [0.1, 0.15) is 33.5 Å². The highest BCUT2D eigenvalue weighted by atomic mass is 16.5. The largest absolute Gasteiger partial charge is 0.478 e. The van der Waals surface area contributed by atoms with Gasteiger partial charge in [-0.2, -0.15) is 0 Å². The van der Waals surface area contributed by atoms with Crippen molar-refractivity contribution in [1.82, 2.24) is 4.57 Å². The van der Waals surface area contributed by atoms with Crippen LogP contribution in [0.15, 0.2) is 6.07 Å². The lowest BCUT2D eigenvalue weighted by Gasteiger charge is -2.05. The molecule has 0 saturated carbocycles. The van der Waals surface area contributed by atoms with Gasteiger partial charge in [0, 0.05) is 12.7 Å². The Bertz CT molecular complexity index is 406.